The van der Waals surface area contributed by atoms with Crippen molar-refractivity contribution >= 4 is 37.9 Å². The molecule has 0 unspecified atom stereocenters. The van der Waals surface area contributed by atoms with Gasteiger partial charge in [0.15, 0.2) is 19.7 Å². The van der Waals surface area contributed by atoms with Crippen LogP contribution in [0.4, 0.5) is 105 Å². The van der Waals surface area contributed by atoms with Gasteiger partial charge in [0, 0.05) is 5.56 Å². The van der Waals surface area contributed by atoms with Crippen molar-refractivity contribution in [1.29, 1.82) is 5.26 Å². The number of halogens is 24. The highest BCUT2D eigenvalue weighted by Crippen LogP contribution is 2.42. The zero-order valence-electron chi connectivity index (χ0n) is 39.1. The molecule has 28 heteroatoms. The molecule has 7 rings (SSSR count). The van der Waals surface area contributed by atoms with E-state index in [1.165, 1.54) is 0 Å². The van der Waals surface area contributed by atoms with Gasteiger partial charge in [-0.2, -0.15) is 132 Å². The van der Waals surface area contributed by atoms with E-state index >= 15 is 0 Å². The average Bonchev–Trinajstić information content (AvgIpc) is 3.48. The molecule has 0 bridgehead atoms. The highest BCUT2D eigenvalue weighted by Gasteiger charge is 2.47. The third kappa shape index (κ3) is 13.8. The lowest BCUT2D eigenvalue weighted by molar-refractivity contribution is -0.144. The highest BCUT2D eigenvalue weighted by molar-refractivity contribution is 8.02. The molecule has 0 amide bonds. The quantitative estimate of drug-likeness (QED) is 0.0864. The van der Waals surface area contributed by atoms with Crippen LogP contribution in [0.25, 0.3) is 0 Å². The maximum atomic E-state index is 14.2. The summed E-state index contributed by atoms with van der Waals surface area (Å²) in [7, 11) is -2.40. The summed E-state index contributed by atoms with van der Waals surface area (Å²) in [6.45, 7) is 0. The van der Waals surface area contributed by atoms with Gasteiger partial charge in [-0.3, -0.25) is 0 Å². The molecular weight excluding hydrogens is 1150 g/mol. The second-order valence-electron chi connectivity index (χ2n) is 17.5. The second kappa shape index (κ2) is 21.6. The molecule has 80 heavy (non-hydrogen) atoms. The summed E-state index contributed by atoms with van der Waals surface area (Å²) >= 11 is 0. The summed E-state index contributed by atoms with van der Waals surface area (Å²) in [6.07, 6.45) is -54.8. The molecule has 0 aliphatic heterocycles. The topological polar surface area (TPSA) is 40.9 Å². The van der Waals surface area contributed by atoms with Crippen LogP contribution < -0.4 is 21.9 Å². The molecule has 0 heterocycles. The lowest BCUT2D eigenvalue weighted by Crippen LogP contribution is -2.75. The molecule has 0 spiro atoms. The van der Waals surface area contributed by atoms with Crippen molar-refractivity contribution in [3.8, 4) is 6.07 Å². The molecule has 424 valence electrons. The van der Waals surface area contributed by atoms with Crippen LogP contribution >= 0.6 is 0 Å². The SMILES string of the molecule is FC(F)(F)c1cc([B-](c2cc(C(F)(F)F)cc(C(F)(F)F)c2)(c2cc(C(F)(F)F)cc(C(F)(F)F)c2)c2cc(C(F)(F)F)cc(C(F)(F)F)c2)cc(C(F)(F)F)c1.N#Cc1ccc(C[S+](=O)(c2ccccc2)c2ccccc2)cc1. The first kappa shape index (κ1) is 61.8. The molecule has 2 nitrogen and oxygen atoms in total. The third-order valence-corrected chi connectivity index (χ3v) is 14.9. The number of nitriles is 1. The zero-order valence-corrected chi connectivity index (χ0v) is 39.9. The minimum atomic E-state index is -6.13. The minimum Gasteiger partial charge on any atom is -0.194 e. The van der Waals surface area contributed by atoms with Crippen molar-refractivity contribution in [1.82, 2.24) is 0 Å². The van der Waals surface area contributed by atoms with Gasteiger partial charge in [0.1, 0.15) is 11.9 Å². The smallest absolute Gasteiger partial charge is 0.194 e. The van der Waals surface area contributed by atoms with Gasteiger partial charge in [-0.15, -0.1) is 0 Å². The van der Waals surface area contributed by atoms with Gasteiger partial charge >= 0.3 is 49.4 Å². The predicted octanol–water partition coefficient (Wildman–Crippen LogP) is 15.9. The van der Waals surface area contributed by atoms with Crippen LogP contribution in [0.3, 0.4) is 0 Å². The van der Waals surface area contributed by atoms with Gasteiger partial charge < -0.3 is 0 Å². The monoisotopic (exact) mass is 1180 g/mol. The summed E-state index contributed by atoms with van der Waals surface area (Å²) in [5.41, 5.74) is -28.6. The van der Waals surface area contributed by atoms with Crippen LogP contribution in [0.5, 0.6) is 0 Å². The third-order valence-electron chi connectivity index (χ3n) is 12.1. The lowest BCUT2D eigenvalue weighted by atomic mass is 9.12. The summed E-state index contributed by atoms with van der Waals surface area (Å²) in [5.74, 6) is 0.423. The summed E-state index contributed by atoms with van der Waals surface area (Å²) in [6, 6.07) is 19.8. The second-order valence-corrected chi connectivity index (χ2v) is 20.1. The van der Waals surface area contributed by atoms with E-state index in [2.05, 4.69) is 6.07 Å². The fourth-order valence-electron chi connectivity index (χ4n) is 8.56. The van der Waals surface area contributed by atoms with Gasteiger partial charge in [0.25, 0.3) is 0 Å². The van der Waals surface area contributed by atoms with Crippen LogP contribution in [0.1, 0.15) is 55.6 Å². The van der Waals surface area contributed by atoms with E-state index in [-0.39, 0.29) is 0 Å². The molecule has 0 aliphatic carbocycles. The molecule has 0 radical (unpaired) electrons. The molecule has 0 aromatic heterocycles. The number of hydrogen-bond acceptors (Lipinski definition) is 2. The van der Waals surface area contributed by atoms with E-state index in [4.69, 9.17) is 5.26 Å². The number of alkyl halides is 24. The van der Waals surface area contributed by atoms with Gasteiger partial charge in [-0.1, -0.05) is 101 Å². The standard InChI is InChI=1S/C32H12BF24.C20H16NOS/c34-25(35,36)13-1-14(26(37,38)39)6-21(5-13)33(22-7-15(27(40,41)42)2-16(8-22)28(43,44)45,23-9-17(29(46,47)48)3-18(10-23)30(49,50)51)24-11-19(31(52,53)54)4-20(12-24)32(55,56)57;21-15-17-11-13-18(14-12-17)16-23(22,19-7-3-1-4-8-19)20-9-5-2-6-10-20/h1-12H;1-14H,16H2/q-1;+1. The fraction of sp³-hybridized carbons (Fsp3) is 0.173. The van der Waals surface area contributed by atoms with Crippen LogP contribution in [-0.4, -0.2) is 6.15 Å². The molecule has 0 atom stereocenters. The number of benzene rings is 7. The van der Waals surface area contributed by atoms with E-state index in [1.807, 2.05) is 72.8 Å². The van der Waals surface area contributed by atoms with Gasteiger partial charge in [-0.05, 0) is 60.7 Å². The molecule has 7 aromatic carbocycles. The Hall–Kier alpha value is -7.44. The molecule has 7 aromatic rings. The predicted molar refractivity (Wildman–Crippen MR) is 242 cm³/mol. The molecule has 0 aliphatic rings. The average molecular weight is 1180 g/mol. The highest BCUT2D eigenvalue weighted by atomic mass is 32.2. The van der Waals surface area contributed by atoms with Crippen LogP contribution in [0.15, 0.2) is 168 Å². The van der Waals surface area contributed by atoms with Crippen molar-refractivity contribution in [2.75, 3.05) is 0 Å². The maximum Gasteiger partial charge on any atom is 0.416 e. The summed E-state index contributed by atoms with van der Waals surface area (Å²) in [4.78, 5) is 1.66. The van der Waals surface area contributed by atoms with E-state index in [0.29, 0.717) is 11.3 Å². The van der Waals surface area contributed by atoms with E-state index in [9.17, 15) is 110 Å². The van der Waals surface area contributed by atoms with Crippen molar-refractivity contribution in [3.63, 3.8) is 0 Å². The Morgan fingerprint density at radius 3 is 0.725 bits per heavy atom. The minimum absolute atomic E-state index is 0.423. The van der Waals surface area contributed by atoms with Gasteiger partial charge in [0.05, 0.1) is 56.1 Å². The van der Waals surface area contributed by atoms with Crippen molar-refractivity contribution in [2.45, 2.75) is 65.0 Å². The first-order valence-electron chi connectivity index (χ1n) is 22.0. The summed E-state index contributed by atoms with van der Waals surface area (Å²) < 4.78 is 355. The molecule has 0 N–H and O–H groups in total. The number of nitrogens with zero attached hydrogens (tertiary/aromatic N) is 1. The molecule has 0 fully saturated rings. The largest absolute Gasteiger partial charge is 0.416 e. The van der Waals surface area contributed by atoms with Gasteiger partial charge in [-0.25, -0.2) is 0 Å². The number of hydrogen-bond donors (Lipinski definition) is 0. The van der Waals surface area contributed by atoms with Crippen LogP contribution in [0, 0.1) is 11.3 Å². The van der Waals surface area contributed by atoms with Crippen molar-refractivity contribution in [2.24, 2.45) is 0 Å². The first-order valence-corrected chi connectivity index (χ1v) is 23.7. The lowest BCUT2D eigenvalue weighted by Gasteiger charge is -2.46. The Balaban J connectivity index is 0.000000370. The van der Waals surface area contributed by atoms with Crippen LogP contribution in [0.2, 0.25) is 0 Å². The van der Waals surface area contributed by atoms with E-state index in [0.717, 1.165) is 15.4 Å². The Bertz CT molecular complexity index is 2960. The number of rotatable bonds is 8. The Morgan fingerprint density at radius 2 is 0.537 bits per heavy atom. The van der Waals surface area contributed by atoms with Crippen molar-refractivity contribution < 1.29 is 110 Å². The van der Waals surface area contributed by atoms with Crippen LogP contribution in [-0.2, 0) is 69.3 Å². The Morgan fingerprint density at radius 1 is 0.325 bits per heavy atom. The molecule has 0 saturated carbocycles. The van der Waals surface area contributed by atoms with Gasteiger partial charge in [0.2, 0.25) is 0 Å². The van der Waals surface area contributed by atoms with Crippen molar-refractivity contribution in [3.05, 3.63) is 213 Å². The first-order chi connectivity index (χ1) is 36.5. The normalized spacial score (nSPS) is 13.3. The maximum absolute atomic E-state index is 14.2. The van der Waals surface area contributed by atoms with E-state index < -0.39 is 205 Å². The Kier molecular flexibility index (Phi) is 16.6. The Labute approximate surface area is 436 Å². The molecular formula is C52H28BF24NOS. The van der Waals surface area contributed by atoms with E-state index in [1.54, 1.807) is 12.1 Å². The summed E-state index contributed by atoms with van der Waals surface area (Å²) in [5, 5.41) is 8.91. The molecule has 0 saturated heterocycles. The fourth-order valence-corrected chi connectivity index (χ4v) is 11.0. The zero-order chi connectivity index (χ0) is 60.0.